The number of fused-ring (bicyclic) bond motifs is 3. The second-order valence-electron chi connectivity index (χ2n) is 7.08. The van der Waals surface area contributed by atoms with E-state index in [2.05, 4.69) is 0 Å². The summed E-state index contributed by atoms with van der Waals surface area (Å²) < 4.78 is 11.8. The Bertz CT molecular complexity index is 1100. The number of benzene rings is 3. The van der Waals surface area contributed by atoms with Gasteiger partial charge >= 0.3 is 0 Å². The summed E-state index contributed by atoms with van der Waals surface area (Å²) in [4.78, 5) is 0. The van der Waals surface area contributed by atoms with Crippen LogP contribution in [0.15, 0.2) is 71.8 Å². The minimum atomic E-state index is -0.353. The zero-order valence-electron chi connectivity index (χ0n) is 15.7. The molecule has 3 aromatic carbocycles. The number of hydrazone groups is 1. The molecule has 2 atom stereocenters. The molecule has 0 aliphatic carbocycles. The molecule has 4 nitrogen and oxygen atoms in total. The standard InChI is InChI=1S/C23H18Cl2N2O2/c1-28-18-4-2-3-15(11-18)23-27-21(19-12-17(25)9-10-22(19)29-23)13-20(26-27)14-5-7-16(24)8-6-14/h2-12,21,23H,13H2,1H3/t21-,23-/m1/s1. The second-order valence-corrected chi connectivity index (χ2v) is 7.96. The van der Waals surface area contributed by atoms with Crippen LogP contribution in [0.3, 0.4) is 0 Å². The van der Waals surface area contributed by atoms with E-state index in [1.165, 1.54) is 0 Å². The Morgan fingerprint density at radius 1 is 1.00 bits per heavy atom. The maximum absolute atomic E-state index is 6.37. The Balaban J connectivity index is 1.60. The average Bonchev–Trinajstić information content (AvgIpc) is 3.19. The summed E-state index contributed by atoms with van der Waals surface area (Å²) in [6, 6.07) is 21.5. The van der Waals surface area contributed by atoms with Gasteiger partial charge in [-0.1, -0.05) is 47.5 Å². The van der Waals surface area contributed by atoms with Crippen molar-refractivity contribution >= 4 is 28.9 Å². The summed E-state index contributed by atoms with van der Waals surface area (Å²) in [6.07, 6.45) is 0.410. The van der Waals surface area contributed by atoms with Crippen molar-refractivity contribution in [1.82, 2.24) is 5.01 Å². The average molecular weight is 425 g/mol. The van der Waals surface area contributed by atoms with Gasteiger partial charge in [-0.2, -0.15) is 5.10 Å². The van der Waals surface area contributed by atoms with Gasteiger partial charge in [0.15, 0.2) is 0 Å². The lowest BCUT2D eigenvalue weighted by atomic mass is 9.96. The monoisotopic (exact) mass is 424 g/mol. The minimum absolute atomic E-state index is 0.0410. The first-order valence-electron chi connectivity index (χ1n) is 9.34. The van der Waals surface area contributed by atoms with Crippen LogP contribution in [0.5, 0.6) is 11.5 Å². The van der Waals surface area contributed by atoms with Crippen LogP contribution in [0.2, 0.25) is 10.0 Å². The fraction of sp³-hybridized carbons (Fsp3) is 0.174. The predicted molar refractivity (Wildman–Crippen MR) is 115 cm³/mol. The van der Waals surface area contributed by atoms with E-state index in [1.54, 1.807) is 7.11 Å². The Labute approximate surface area is 179 Å². The summed E-state index contributed by atoms with van der Waals surface area (Å²) >= 11 is 12.3. The minimum Gasteiger partial charge on any atom is -0.497 e. The van der Waals surface area contributed by atoms with E-state index in [9.17, 15) is 0 Å². The molecule has 29 heavy (non-hydrogen) atoms. The molecule has 146 valence electrons. The van der Waals surface area contributed by atoms with Crippen LogP contribution in [-0.2, 0) is 0 Å². The third-order valence-electron chi connectivity index (χ3n) is 5.31. The van der Waals surface area contributed by atoms with Crippen molar-refractivity contribution < 1.29 is 9.47 Å². The van der Waals surface area contributed by atoms with Gasteiger partial charge in [0.1, 0.15) is 11.5 Å². The number of hydrogen-bond donors (Lipinski definition) is 0. The molecular weight excluding hydrogens is 407 g/mol. The molecule has 0 amide bonds. The zero-order chi connectivity index (χ0) is 20.0. The van der Waals surface area contributed by atoms with Gasteiger partial charge in [-0.25, -0.2) is 5.01 Å². The van der Waals surface area contributed by atoms with Crippen LogP contribution >= 0.6 is 23.2 Å². The number of ether oxygens (including phenoxy) is 2. The first kappa shape index (κ1) is 18.3. The highest BCUT2D eigenvalue weighted by Gasteiger charge is 2.41. The number of methoxy groups -OCH3 is 1. The number of halogens is 2. The van der Waals surface area contributed by atoms with E-state index in [-0.39, 0.29) is 12.3 Å². The third kappa shape index (κ3) is 3.33. The molecule has 5 rings (SSSR count). The van der Waals surface area contributed by atoms with Gasteiger partial charge < -0.3 is 9.47 Å². The van der Waals surface area contributed by atoms with E-state index in [0.717, 1.165) is 40.3 Å². The third-order valence-corrected chi connectivity index (χ3v) is 5.80. The molecule has 2 aliphatic heterocycles. The zero-order valence-corrected chi connectivity index (χ0v) is 17.2. The molecule has 0 radical (unpaired) electrons. The summed E-state index contributed by atoms with van der Waals surface area (Å²) in [5.41, 5.74) is 4.08. The van der Waals surface area contributed by atoms with Gasteiger partial charge in [-0.05, 0) is 48.0 Å². The van der Waals surface area contributed by atoms with E-state index >= 15 is 0 Å². The molecule has 0 unspecified atom stereocenters. The fourth-order valence-corrected chi connectivity index (χ4v) is 4.20. The molecule has 2 aliphatic rings. The molecule has 0 fully saturated rings. The summed E-state index contributed by atoms with van der Waals surface area (Å²) in [5, 5.41) is 8.37. The first-order valence-corrected chi connectivity index (χ1v) is 10.1. The highest BCUT2D eigenvalue weighted by atomic mass is 35.5. The number of rotatable bonds is 3. The van der Waals surface area contributed by atoms with Crippen LogP contribution in [0.25, 0.3) is 0 Å². The van der Waals surface area contributed by atoms with Crippen molar-refractivity contribution in [2.45, 2.75) is 18.7 Å². The Kier molecular flexibility index (Phi) is 4.61. The van der Waals surface area contributed by atoms with Crippen LogP contribution in [0.1, 0.15) is 35.4 Å². The van der Waals surface area contributed by atoms with Gasteiger partial charge in [-0.3, -0.25) is 0 Å². The molecule has 0 aromatic heterocycles. The molecular formula is C23H18Cl2N2O2. The van der Waals surface area contributed by atoms with Crippen molar-refractivity contribution in [1.29, 1.82) is 0 Å². The maximum Gasteiger partial charge on any atom is 0.214 e. The second kappa shape index (κ2) is 7.29. The van der Waals surface area contributed by atoms with E-state index in [4.69, 9.17) is 37.8 Å². The Hall–Kier alpha value is -2.69. The van der Waals surface area contributed by atoms with Gasteiger partial charge in [0.05, 0.1) is 18.9 Å². The van der Waals surface area contributed by atoms with Gasteiger partial charge in [0, 0.05) is 27.6 Å². The fourth-order valence-electron chi connectivity index (χ4n) is 3.89. The number of hydrogen-bond acceptors (Lipinski definition) is 4. The Morgan fingerprint density at radius 3 is 2.59 bits per heavy atom. The highest BCUT2D eigenvalue weighted by Crippen LogP contribution is 2.48. The molecule has 6 heteroatoms. The molecule has 0 spiro atoms. The van der Waals surface area contributed by atoms with Crippen molar-refractivity contribution in [3.63, 3.8) is 0 Å². The SMILES string of the molecule is COc1cccc([C@H]2Oc3ccc(Cl)cc3[C@H]3CC(c4ccc(Cl)cc4)=NN32)c1. The quantitative estimate of drug-likeness (QED) is 0.498. The first-order chi connectivity index (χ1) is 14.1. The summed E-state index contributed by atoms with van der Waals surface area (Å²) in [6.45, 7) is 0. The van der Waals surface area contributed by atoms with E-state index in [0.29, 0.717) is 10.0 Å². The van der Waals surface area contributed by atoms with Gasteiger partial charge in [0.25, 0.3) is 0 Å². The van der Waals surface area contributed by atoms with Crippen LogP contribution in [-0.4, -0.2) is 17.8 Å². The highest BCUT2D eigenvalue weighted by molar-refractivity contribution is 6.31. The predicted octanol–water partition coefficient (Wildman–Crippen LogP) is 6.24. The van der Waals surface area contributed by atoms with Crippen LogP contribution < -0.4 is 9.47 Å². The maximum atomic E-state index is 6.37. The smallest absolute Gasteiger partial charge is 0.214 e. The van der Waals surface area contributed by atoms with Gasteiger partial charge in [0.2, 0.25) is 6.23 Å². The molecule has 0 saturated carbocycles. The van der Waals surface area contributed by atoms with Crippen molar-refractivity contribution in [3.05, 3.63) is 93.5 Å². The Morgan fingerprint density at radius 2 is 1.79 bits per heavy atom. The molecule has 0 saturated heterocycles. The van der Waals surface area contributed by atoms with Crippen LogP contribution in [0.4, 0.5) is 0 Å². The van der Waals surface area contributed by atoms with Crippen LogP contribution in [0, 0.1) is 0 Å². The summed E-state index contributed by atoms with van der Waals surface area (Å²) in [7, 11) is 1.66. The topological polar surface area (TPSA) is 34.1 Å². The van der Waals surface area contributed by atoms with Gasteiger partial charge in [-0.15, -0.1) is 0 Å². The van der Waals surface area contributed by atoms with Crippen molar-refractivity contribution in [2.75, 3.05) is 7.11 Å². The van der Waals surface area contributed by atoms with E-state index < -0.39 is 0 Å². The molecule has 0 N–H and O–H groups in total. The summed E-state index contributed by atoms with van der Waals surface area (Å²) in [5.74, 6) is 1.61. The lowest BCUT2D eigenvalue weighted by Crippen LogP contribution is -2.33. The molecule has 0 bridgehead atoms. The van der Waals surface area contributed by atoms with E-state index in [1.807, 2.05) is 71.7 Å². The largest absolute Gasteiger partial charge is 0.497 e. The van der Waals surface area contributed by atoms with Crippen molar-refractivity contribution in [3.8, 4) is 11.5 Å². The molecule has 3 aromatic rings. The molecule has 2 heterocycles. The lowest BCUT2D eigenvalue weighted by Gasteiger charge is -2.38. The normalized spacial score (nSPS) is 19.8. The number of nitrogens with zero attached hydrogens (tertiary/aromatic N) is 2. The van der Waals surface area contributed by atoms with Crippen molar-refractivity contribution in [2.24, 2.45) is 5.10 Å². The lowest BCUT2D eigenvalue weighted by molar-refractivity contribution is -0.0191.